The lowest BCUT2D eigenvalue weighted by molar-refractivity contribution is 0.318. The molecule has 0 saturated carbocycles. The van der Waals surface area contributed by atoms with Crippen LogP contribution in [0.15, 0.2) is 6.33 Å². The lowest BCUT2D eigenvalue weighted by atomic mass is 10.1. The summed E-state index contributed by atoms with van der Waals surface area (Å²) in [4.78, 5) is 10.9. The molecule has 1 aromatic heterocycles. The van der Waals surface area contributed by atoms with Gasteiger partial charge in [0.2, 0.25) is 5.75 Å². The molecule has 0 aliphatic carbocycles. The molecule has 2 fully saturated rings. The second-order valence-corrected chi connectivity index (χ2v) is 5.03. The molecule has 0 spiro atoms. The van der Waals surface area contributed by atoms with Crippen molar-refractivity contribution in [2.45, 2.75) is 31.3 Å². The molecule has 0 amide bonds. The number of hydrazine groups is 1. The normalized spacial score (nSPS) is 26.2. The van der Waals surface area contributed by atoms with Crippen LogP contribution in [0.2, 0.25) is 0 Å². The van der Waals surface area contributed by atoms with E-state index in [9.17, 15) is 0 Å². The van der Waals surface area contributed by atoms with Gasteiger partial charge in [0.05, 0.1) is 7.11 Å². The van der Waals surface area contributed by atoms with E-state index in [0.717, 1.165) is 13.0 Å². The number of nitrogens with two attached hydrogens (primary N) is 1. The Bertz CT molecular complexity index is 454. The van der Waals surface area contributed by atoms with Gasteiger partial charge in [-0.1, -0.05) is 0 Å². The van der Waals surface area contributed by atoms with E-state index in [1.807, 2.05) is 0 Å². The number of hydrogen-bond acceptors (Lipinski definition) is 7. The molecule has 19 heavy (non-hydrogen) atoms. The van der Waals surface area contributed by atoms with Crippen LogP contribution in [0.4, 0.5) is 11.6 Å². The van der Waals surface area contributed by atoms with E-state index in [-0.39, 0.29) is 0 Å². The fourth-order valence-electron chi connectivity index (χ4n) is 3.20. The van der Waals surface area contributed by atoms with Crippen LogP contribution in [0, 0.1) is 0 Å². The van der Waals surface area contributed by atoms with Gasteiger partial charge in [0.15, 0.2) is 11.6 Å². The monoisotopic (exact) mass is 264 g/mol. The number of hydrogen-bond donors (Lipinski definition) is 3. The van der Waals surface area contributed by atoms with Crippen molar-refractivity contribution in [1.82, 2.24) is 14.9 Å². The van der Waals surface area contributed by atoms with Gasteiger partial charge in [0, 0.05) is 18.6 Å². The van der Waals surface area contributed by atoms with Gasteiger partial charge in [-0.15, -0.1) is 0 Å². The van der Waals surface area contributed by atoms with Crippen LogP contribution < -0.4 is 21.3 Å². The van der Waals surface area contributed by atoms with Crippen molar-refractivity contribution in [3.8, 4) is 5.75 Å². The molecular weight excluding hydrogens is 244 g/mol. The summed E-state index contributed by atoms with van der Waals surface area (Å²) in [6, 6.07) is 1.05. The molecule has 2 aliphatic heterocycles. The third kappa shape index (κ3) is 2.19. The van der Waals surface area contributed by atoms with Gasteiger partial charge in [-0.05, 0) is 25.8 Å². The van der Waals surface area contributed by atoms with Crippen molar-refractivity contribution in [2.24, 2.45) is 5.84 Å². The zero-order valence-corrected chi connectivity index (χ0v) is 11.1. The zero-order chi connectivity index (χ0) is 13.2. The minimum Gasteiger partial charge on any atom is -0.490 e. The average Bonchev–Trinajstić information content (AvgIpc) is 3.03. The number of anilines is 2. The van der Waals surface area contributed by atoms with Crippen molar-refractivity contribution < 1.29 is 4.74 Å². The summed E-state index contributed by atoms with van der Waals surface area (Å²) < 4.78 is 5.35. The van der Waals surface area contributed by atoms with Crippen LogP contribution >= 0.6 is 0 Å². The van der Waals surface area contributed by atoms with E-state index in [1.165, 1.54) is 25.7 Å². The van der Waals surface area contributed by atoms with E-state index in [4.69, 9.17) is 10.6 Å². The summed E-state index contributed by atoms with van der Waals surface area (Å²) in [5, 5.41) is 3.49. The molecule has 7 nitrogen and oxygen atoms in total. The Morgan fingerprint density at radius 3 is 2.95 bits per heavy atom. The number of methoxy groups -OCH3 is 1. The third-order valence-electron chi connectivity index (χ3n) is 4.07. The van der Waals surface area contributed by atoms with Crippen molar-refractivity contribution in [3.05, 3.63) is 6.33 Å². The molecule has 104 valence electrons. The molecule has 0 aromatic carbocycles. The molecule has 3 heterocycles. The van der Waals surface area contributed by atoms with Crippen molar-refractivity contribution in [2.75, 3.05) is 30.9 Å². The highest BCUT2D eigenvalue weighted by atomic mass is 16.5. The quantitative estimate of drug-likeness (QED) is 0.536. The topological polar surface area (TPSA) is 88.3 Å². The van der Waals surface area contributed by atoms with E-state index >= 15 is 0 Å². The first-order chi connectivity index (χ1) is 9.33. The molecule has 2 atom stereocenters. The molecule has 7 heteroatoms. The molecule has 1 aromatic rings. The summed E-state index contributed by atoms with van der Waals surface area (Å²) in [6.07, 6.45) is 5.18. The van der Waals surface area contributed by atoms with Crippen LogP contribution in [-0.4, -0.2) is 47.2 Å². The highest BCUT2D eigenvalue weighted by molar-refractivity contribution is 5.63. The highest BCUT2D eigenvalue weighted by Crippen LogP contribution is 2.33. The summed E-state index contributed by atoms with van der Waals surface area (Å²) in [6.45, 7) is 2.39. The molecule has 2 unspecified atom stereocenters. The highest BCUT2D eigenvalue weighted by Gasteiger charge is 2.37. The second-order valence-electron chi connectivity index (χ2n) is 5.03. The smallest absolute Gasteiger partial charge is 0.205 e. The van der Waals surface area contributed by atoms with Crippen molar-refractivity contribution in [1.29, 1.82) is 0 Å². The van der Waals surface area contributed by atoms with Gasteiger partial charge >= 0.3 is 0 Å². The maximum absolute atomic E-state index is 5.43. The van der Waals surface area contributed by atoms with Gasteiger partial charge in [-0.2, -0.15) is 0 Å². The van der Waals surface area contributed by atoms with E-state index in [0.29, 0.717) is 29.5 Å². The van der Waals surface area contributed by atoms with Gasteiger partial charge in [-0.3, -0.25) is 4.90 Å². The first-order valence-corrected chi connectivity index (χ1v) is 6.69. The number of ether oxygens (including phenoxy) is 1. The predicted octanol–water partition coefficient (Wildman–Crippen LogP) is 0.419. The minimum absolute atomic E-state index is 0.428. The fraction of sp³-hybridized carbons (Fsp3) is 0.667. The van der Waals surface area contributed by atoms with Crippen molar-refractivity contribution >= 4 is 11.6 Å². The minimum atomic E-state index is 0.428. The number of nitrogens with zero attached hydrogens (tertiary/aromatic N) is 3. The molecule has 2 aliphatic rings. The van der Waals surface area contributed by atoms with E-state index in [1.54, 1.807) is 7.11 Å². The molecule has 0 bridgehead atoms. The fourth-order valence-corrected chi connectivity index (χ4v) is 3.20. The molecular formula is C12H20N6O. The van der Waals surface area contributed by atoms with Crippen molar-refractivity contribution in [3.63, 3.8) is 0 Å². The van der Waals surface area contributed by atoms with Crippen LogP contribution in [0.5, 0.6) is 5.75 Å². The lowest BCUT2D eigenvalue weighted by Crippen LogP contribution is -2.34. The lowest BCUT2D eigenvalue weighted by Gasteiger charge is -2.22. The Morgan fingerprint density at radius 1 is 1.32 bits per heavy atom. The van der Waals surface area contributed by atoms with Crippen LogP contribution in [0.25, 0.3) is 0 Å². The standard InChI is InChI=1S/C12H20N6O/c1-19-10-11(14-7-15-12(10)17-13)16-8-4-6-18-5-2-3-9(8)18/h7-9H,2-6,13H2,1H3,(H2,14,15,16,17). The Balaban J connectivity index is 1.79. The first-order valence-electron chi connectivity index (χ1n) is 6.69. The molecule has 4 N–H and O–H groups in total. The van der Waals surface area contributed by atoms with Gasteiger partial charge < -0.3 is 15.5 Å². The Kier molecular flexibility index (Phi) is 3.39. The molecule has 3 rings (SSSR count). The Hall–Kier alpha value is -1.60. The Labute approximate surface area is 112 Å². The maximum Gasteiger partial charge on any atom is 0.205 e. The largest absolute Gasteiger partial charge is 0.490 e. The van der Waals surface area contributed by atoms with Crippen LogP contribution in [-0.2, 0) is 0 Å². The number of nitrogens with one attached hydrogen (secondary N) is 2. The predicted molar refractivity (Wildman–Crippen MR) is 73.0 cm³/mol. The molecule has 0 radical (unpaired) electrons. The van der Waals surface area contributed by atoms with Crippen LogP contribution in [0.3, 0.4) is 0 Å². The van der Waals surface area contributed by atoms with Gasteiger partial charge in [-0.25, -0.2) is 15.8 Å². The zero-order valence-electron chi connectivity index (χ0n) is 11.1. The summed E-state index contributed by atoms with van der Waals surface area (Å²) >= 11 is 0. The average molecular weight is 264 g/mol. The summed E-state index contributed by atoms with van der Waals surface area (Å²) in [5.41, 5.74) is 2.53. The number of fused-ring (bicyclic) bond motifs is 1. The Morgan fingerprint density at radius 2 is 2.16 bits per heavy atom. The van der Waals surface area contributed by atoms with Crippen LogP contribution in [0.1, 0.15) is 19.3 Å². The summed E-state index contributed by atoms with van der Waals surface area (Å²) in [7, 11) is 1.60. The third-order valence-corrected chi connectivity index (χ3v) is 4.07. The number of aromatic nitrogens is 2. The maximum atomic E-state index is 5.43. The number of nitrogen functional groups attached to an aromatic ring is 1. The second kappa shape index (κ2) is 5.18. The number of rotatable bonds is 4. The summed E-state index contributed by atoms with van der Waals surface area (Å²) in [5.74, 6) is 7.22. The van der Waals surface area contributed by atoms with E-state index < -0.39 is 0 Å². The van der Waals surface area contributed by atoms with Gasteiger partial charge in [0.1, 0.15) is 6.33 Å². The molecule has 2 saturated heterocycles. The SMILES string of the molecule is COc1c(NN)ncnc1NC1CCN2CCCC12. The first kappa shape index (κ1) is 12.4. The van der Waals surface area contributed by atoms with E-state index in [2.05, 4.69) is 25.6 Å². The van der Waals surface area contributed by atoms with Gasteiger partial charge in [0.25, 0.3) is 0 Å².